The fraction of sp³-hybridized carbons (Fsp3) is 0.333. The van der Waals surface area contributed by atoms with Crippen LogP contribution in [0.5, 0.6) is 0 Å². The molecule has 1 amide bonds. The second-order valence-corrected chi connectivity index (χ2v) is 4.99. The lowest BCUT2D eigenvalue weighted by Gasteiger charge is -2.24. The minimum absolute atomic E-state index is 0.0310. The molecule has 0 aliphatic carbocycles. The van der Waals surface area contributed by atoms with E-state index in [0.29, 0.717) is 18.7 Å². The summed E-state index contributed by atoms with van der Waals surface area (Å²) in [5, 5.41) is 0. The van der Waals surface area contributed by atoms with Crippen molar-refractivity contribution in [2.45, 2.75) is 20.8 Å². The third kappa shape index (κ3) is 3.45. The molecule has 0 spiro atoms. The first-order valence-electron chi connectivity index (χ1n) is 7.78. The van der Waals surface area contributed by atoms with Crippen LogP contribution < -0.4 is 4.90 Å². The Morgan fingerprint density at radius 3 is 2.23 bits per heavy atom. The van der Waals surface area contributed by atoms with Crippen LogP contribution >= 0.6 is 0 Å². The number of anilines is 2. The number of rotatable bonds is 6. The minimum Gasteiger partial charge on any atom is -0.340 e. The van der Waals surface area contributed by atoms with Crippen molar-refractivity contribution in [1.29, 1.82) is 0 Å². The number of hydrogen-bond acceptors (Lipinski definition) is 3. The second-order valence-electron chi connectivity index (χ2n) is 4.99. The SMILES string of the molecule is CCN(CC)C(=O)c1cncc(N(CC)c2ccccc2)c1. The van der Waals surface area contributed by atoms with E-state index in [9.17, 15) is 4.79 Å². The molecule has 0 radical (unpaired) electrons. The van der Waals surface area contributed by atoms with Gasteiger partial charge < -0.3 is 9.80 Å². The molecule has 0 aliphatic rings. The molecule has 0 atom stereocenters. The van der Waals surface area contributed by atoms with E-state index in [1.54, 1.807) is 17.3 Å². The molecule has 116 valence electrons. The topological polar surface area (TPSA) is 36.4 Å². The van der Waals surface area contributed by atoms with Crippen LogP contribution in [0.25, 0.3) is 0 Å². The fourth-order valence-corrected chi connectivity index (χ4v) is 2.51. The molecule has 2 aromatic rings. The van der Waals surface area contributed by atoms with Gasteiger partial charge in [0.2, 0.25) is 0 Å². The van der Waals surface area contributed by atoms with E-state index in [0.717, 1.165) is 17.9 Å². The number of amides is 1. The summed E-state index contributed by atoms with van der Waals surface area (Å²) < 4.78 is 0. The van der Waals surface area contributed by atoms with Crippen molar-refractivity contribution >= 4 is 17.3 Å². The molecule has 0 fully saturated rings. The van der Waals surface area contributed by atoms with Gasteiger partial charge in [0.15, 0.2) is 0 Å². The van der Waals surface area contributed by atoms with E-state index in [-0.39, 0.29) is 5.91 Å². The van der Waals surface area contributed by atoms with Crippen molar-refractivity contribution in [2.24, 2.45) is 0 Å². The number of carbonyl (C=O) groups is 1. The van der Waals surface area contributed by atoms with Crippen LogP contribution in [-0.4, -0.2) is 35.4 Å². The first-order valence-corrected chi connectivity index (χ1v) is 7.78. The smallest absolute Gasteiger partial charge is 0.255 e. The van der Waals surface area contributed by atoms with Gasteiger partial charge in [-0.2, -0.15) is 0 Å². The van der Waals surface area contributed by atoms with Crippen molar-refractivity contribution in [1.82, 2.24) is 9.88 Å². The molecule has 22 heavy (non-hydrogen) atoms. The molecule has 4 nitrogen and oxygen atoms in total. The van der Waals surface area contributed by atoms with Crippen molar-refractivity contribution in [3.63, 3.8) is 0 Å². The summed E-state index contributed by atoms with van der Waals surface area (Å²) in [5.41, 5.74) is 2.67. The van der Waals surface area contributed by atoms with Crippen molar-refractivity contribution < 1.29 is 4.79 Å². The lowest BCUT2D eigenvalue weighted by Crippen LogP contribution is -2.30. The molecule has 0 N–H and O–H groups in total. The van der Waals surface area contributed by atoms with Crippen LogP contribution in [0.4, 0.5) is 11.4 Å². The van der Waals surface area contributed by atoms with Crippen molar-refractivity contribution in [2.75, 3.05) is 24.5 Å². The summed E-state index contributed by atoms with van der Waals surface area (Å²) in [5.74, 6) is 0.0310. The van der Waals surface area contributed by atoms with E-state index in [1.165, 1.54) is 0 Å². The highest BCUT2D eigenvalue weighted by Gasteiger charge is 2.15. The molecule has 2 rings (SSSR count). The summed E-state index contributed by atoms with van der Waals surface area (Å²) in [7, 11) is 0. The monoisotopic (exact) mass is 297 g/mol. The lowest BCUT2D eigenvalue weighted by molar-refractivity contribution is 0.0772. The standard InChI is InChI=1S/C18H23N3O/c1-4-20(5-2)18(22)15-12-17(14-19-13-15)21(6-3)16-10-8-7-9-11-16/h7-14H,4-6H2,1-3H3. The van der Waals surface area contributed by atoms with Gasteiger partial charge in [-0.3, -0.25) is 9.78 Å². The lowest BCUT2D eigenvalue weighted by atomic mass is 10.2. The maximum absolute atomic E-state index is 12.5. The van der Waals surface area contributed by atoms with Gasteiger partial charge in [0, 0.05) is 31.5 Å². The minimum atomic E-state index is 0.0310. The van der Waals surface area contributed by atoms with Crippen molar-refractivity contribution in [3.05, 3.63) is 54.4 Å². The van der Waals surface area contributed by atoms with Gasteiger partial charge in [0.05, 0.1) is 17.4 Å². The third-order valence-corrected chi connectivity index (χ3v) is 3.72. The molecule has 0 unspecified atom stereocenters. The Balaban J connectivity index is 2.33. The van der Waals surface area contributed by atoms with Gasteiger partial charge in [-0.1, -0.05) is 18.2 Å². The quantitative estimate of drug-likeness (QED) is 0.815. The van der Waals surface area contributed by atoms with Crippen LogP contribution in [0.1, 0.15) is 31.1 Å². The number of carbonyl (C=O) groups excluding carboxylic acids is 1. The zero-order valence-electron chi connectivity index (χ0n) is 13.5. The highest BCUT2D eigenvalue weighted by Crippen LogP contribution is 2.25. The predicted octanol–water partition coefficient (Wildman–Crippen LogP) is 3.72. The number of aromatic nitrogens is 1. The van der Waals surface area contributed by atoms with Gasteiger partial charge in [-0.15, -0.1) is 0 Å². The van der Waals surface area contributed by atoms with Crippen molar-refractivity contribution in [3.8, 4) is 0 Å². The Morgan fingerprint density at radius 1 is 0.955 bits per heavy atom. The summed E-state index contributed by atoms with van der Waals surface area (Å²) in [6, 6.07) is 12.1. The Hall–Kier alpha value is -2.36. The van der Waals surface area contributed by atoms with Crippen LogP contribution in [0.2, 0.25) is 0 Å². The second kappa shape index (κ2) is 7.59. The van der Waals surface area contributed by atoms with Gasteiger partial charge in [0.25, 0.3) is 5.91 Å². The molecule has 1 aromatic carbocycles. The average Bonchev–Trinajstić information content (AvgIpc) is 2.58. The molecule has 0 saturated heterocycles. The summed E-state index contributed by atoms with van der Waals surface area (Å²) in [6.45, 7) is 8.29. The molecule has 0 aliphatic heterocycles. The number of para-hydroxylation sites is 1. The maximum Gasteiger partial charge on any atom is 0.255 e. The number of benzene rings is 1. The third-order valence-electron chi connectivity index (χ3n) is 3.72. The Labute approximate surface area is 132 Å². The van der Waals surface area contributed by atoms with Crippen LogP contribution in [0.3, 0.4) is 0 Å². The van der Waals surface area contributed by atoms with Gasteiger partial charge in [0.1, 0.15) is 0 Å². The first kappa shape index (κ1) is 16.0. The normalized spacial score (nSPS) is 10.3. The summed E-state index contributed by atoms with van der Waals surface area (Å²) >= 11 is 0. The Morgan fingerprint density at radius 2 is 1.64 bits per heavy atom. The van der Waals surface area contributed by atoms with Gasteiger partial charge >= 0.3 is 0 Å². The van der Waals surface area contributed by atoms with Crippen LogP contribution in [-0.2, 0) is 0 Å². The maximum atomic E-state index is 12.5. The first-order chi connectivity index (χ1) is 10.7. The molecule has 1 aromatic heterocycles. The van der Waals surface area contributed by atoms with E-state index in [4.69, 9.17) is 0 Å². The molecule has 0 saturated carbocycles. The molecular formula is C18H23N3O. The zero-order valence-corrected chi connectivity index (χ0v) is 13.5. The molecular weight excluding hydrogens is 274 g/mol. The van der Waals surface area contributed by atoms with Gasteiger partial charge in [-0.05, 0) is 39.0 Å². The van der Waals surface area contributed by atoms with Gasteiger partial charge in [-0.25, -0.2) is 0 Å². The van der Waals surface area contributed by atoms with Crippen LogP contribution in [0.15, 0.2) is 48.8 Å². The summed E-state index contributed by atoms with van der Waals surface area (Å²) in [6.07, 6.45) is 3.44. The van der Waals surface area contributed by atoms with E-state index < -0.39 is 0 Å². The molecule has 4 heteroatoms. The largest absolute Gasteiger partial charge is 0.340 e. The predicted molar refractivity (Wildman–Crippen MR) is 90.6 cm³/mol. The highest BCUT2D eigenvalue weighted by atomic mass is 16.2. The Bertz CT molecular complexity index is 609. The van der Waals surface area contributed by atoms with E-state index in [1.807, 2.05) is 38.1 Å². The molecule has 1 heterocycles. The average molecular weight is 297 g/mol. The zero-order chi connectivity index (χ0) is 15.9. The van der Waals surface area contributed by atoms with E-state index in [2.05, 4.69) is 28.9 Å². The molecule has 0 bridgehead atoms. The number of hydrogen-bond donors (Lipinski definition) is 0. The van der Waals surface area contributed by atoms with E-state index >= 15 is 0 Å². The number of nitrogens with zero attached hydrogens (tertiary/aromatic N) is 3. The summed E-state index contributed by atoms with van der Waals surface area (Å²) in [4.78, 5) is 20.7. The highest BCUT2D eigenvalue weighted by molar-refractivity contribution is 5.95. The Kier molecular flexibility index (Phi) is 5.53. The number of pyridine rings is 1. The van der Waals surface area contributed by atoms with Crippen LogP contribution in [0, 0.1) is 0 Å². The fourth-order valence-electron chi connectivity index (χ4n) is 2.51.